The van der Waals surface area contributed by atoms with Gasteiger partial charge in [0.1, 0.15) is 0 Å². The van der Waals surface area contributed by atoms with Crippen LogP contribution in [-0.4, -0.2) is 0 Å². The zero-order valence-corrected chi connectivity index (χ0v) is 7.35. The first kappa shape index (κ1) is 6.69. The molecule has 0 aliphatic heterocycles. The van der Waals surface area contributed by atoms with Crippen molar-refractivity contribution in [2.75, 3.05) is 0 Å². The molecule has 10 heavy (non-hydrogen) atoms. The normalized spacial score (nSPS) is 48.9. The second-order valence-electron chi connectivity index (χ2n) is 4.38. The van der Waals surface area contributed by atoms with E-state index in [1.807, 2.05) is 0 Å². The lowest BCUT2D eigenvalue weighted by atomic mass is 9.54. The standard InChI is InChI=1S/C10H18/c1-4-9-7(2)10(5-6-10)8(9)3/h7-9H,4-6H2,1-3H3. The summed E-state index contributed by atoms with van der Waals surface area (Å²) in [7, 11) is 0. The topological polar surface area (TPSA) is 0 Å². The first-order valence-corrected chi connectivity index (χ1v) is 4.72. The summed E-state index contributed by atoms with van der Waals surface area (Å²) in [6.45, 7) is 7.26. The zero-order chi connectivity index (χ0) is 7.35. The monoisotopic (exact) mass is 138 g/mol. The molecule has 2 unspecified atom stereocenters. The third kappa shape index (κ3) is 0.538. The van der Waals surface area contributed by atoms with E-state index in [9.17, 15) is 0 Å². The van der Waals surface area contributed by atoms with Crippen LogP contribution < -0.4 is 0 Å². The fourth-order valence-corrected chi connectivity index (χ4v) is 3.34. The average Bonchev–Trinajstić information content (AvgIpc) is 2.69. The molecule has 0 aromatic carbocycles. The van der Waals surface area contributed by atoms with Gasteiger partial charge in [-0.3, -0.25) is 0 Å². The van der Waals surface area contributed by atoms with Crippen LogP contribution in [0.4, 0.5) is 0 Å². The Labute approximate surface area is 64.0 Å². The second kappa shape index (κ2) is 1.78. The van der Waals surface area contributed by atoms with Gasteiger partial charge in [0, 0.05) is 0 Å². The lowest BCUT2D eigenvalue weighted by Gasteiger charge is -2.50. The molecular weight excluding hydrogens is 120 g/mol. The van der Waals surface area contributed by atoms with Crippen LogP contribution in [0, 0.1) is 23.2 Å². The molecule has 2 atom stereocenters. The van der Waals surface area contributed by atoms with Crippen molar-refractivity contribution in [2.45, 2.75) is 40.0 Å². The maximum atomic E-state index is 2.46. The van der Waals surface area contributed by atoms with Gasteiger partial charge >= 0.3 is 0 Å². The summed E-state index contributed by atoms with van der Waals surface area (Å²) in [5, 5.41) is 0. The van der Waals surface area contributed by atoms with Crippen molar-refractivity contribution in [3.63, 3.8) is 0 Å². The minimum atomic E-state index is 0.862. The summed E-state index contributed by atoms with van der Waals surface area (Å²) in [6.07, 6.45) is 4.47. The summed E-state index contributed by atoms with van der Waals surface area (Å²) in [5.41, 5.74) is 0.862. The van der Waals surface area contributed by atoms with Crippen molar-refractivity contribution in [3.05, 3.63) is 0 Å². The molecule has 0 aromatic rings. The van der Waals surface area contributed by atoms with Gasteiger partial charge < -0.3 is 0 Å². The Kier molecular flexibility index (Phi) is 1.19. The van der Waals surface area contributed by atoms with E-state index in [2.05, 4.69) is 20.8 Å². The van der Waals surface area contributed by atoms with Gasteiger partial charge in [0.05, 0.1) is 0 Å². The van der Waals surface area contributed by atoms with Gasteiger partial charge in [-0.15, -0.1) is 0 Å². The van der Waals surface area contributed by atoms with Crippen molar-refractivity contribution in [1.29, 1.82) is 0 Å². The Hall–Kier alpha value is 0. The van der Waals surface area contributed by atoms with Crippen LogP contribution in [0.5, 0.6) is 0 Å². The van der Waals surface area contributed by atoms with Crippen LogP contribution in [0.15, 0.2) is 0 Å². The summed E-state index contributed by atoms with van der Waals surface area (Å²) < 4.78 is 0. The summed E-state index contributed by atoms with van der Waals surface area (Å²) in [6, 6.07) is 0. The van der Waals surface area contributed by atoms with E-state index in [0.29, 0.717) is 0 Å². The fraction of sp³-hybridized carbons (Fsp3) is 1.00. The van der Waals surface area contributed by atoms with E-state index in [1.54, 1.807) is 0 Å². The first-order chi connectivity index (χ1) is 4.72. The lowest BCUT2D eigenvalue weighted by Crippen LogP contribution is -2.45. The van der Waals surface area contributed by atoms with Crippen LogP contribution in [0.1, 0.15) is 40.0 Å². The van der Waals surface area contributed by atoms with Crippen LogP contribution >= 0.6 is 0 Å². The summed E-state index contributed by atoms with van der Waals surface area (Å²) >= 11 is 0. The molecule has 2 saturated carbocycles. The fourth-order valence-electron chi connectivity index (χ4n) is 3.34. The quantitative estimate of drug-likeness (QED) is 0.522. The predicted molar refractivity (Wildman–Crippen MR) is 43.8 cm³/mol. The Morgan fingerprint density at radius 3 is 2.00 bits per heavy atom. The molecule has 2 aliphatic carbocycles. The highest BCUT2D eigenvalue weighted by molar-refractivity contribution is 5.11. The largest absolute Gasteiger partial charge is 0.0651 e. The van der Waals surface area contributed by atoms with Crippen molar-refractivity contribution in [1.82, 2.24) is 0 Å². The molecule has 2 aliphatic rings. The zero-order valence-electron chi connectivity index (χ0n) is 7.35. The minimum absolute atomic E-state index is 0.862. The molecule has 1 spiro atoms. The first-order valence-electron chi connectivity index (χ1n) is 4.72. The Morgan fingerprint density at radius 2 is 1.70 bits per heavy atom. The smallest absolute Gasteiger partial charge is 0.0240 e. The maximum Gasteiger partial charge on any atom is -0.0240 e. The maximum absolute atomic E-state index is 2.46. The highest BCUT2D eigenvalue weighted by Crippen LogP contribution is 2.70. The van der Waals surface area contributed by atoms with E-state index in [4.69, 9.17) is 0 Å². The second-order valence-corrected chi connectivity index (χ2v) is 4.38. The molecule has 0 N–H and O–H groups in total. The molecular formula is C10H18. The van der Waals surface area contributed by atoms with Gasteiger partial charge in [-0.25, -0.2) is 0 Å². The van der Waals surface area contributed by atoms with E-state index in [0.717, 1.165) is 23.2 Å². The Balaban J connectivity index is 2.06. The van der Waals surface area contributed by atoms with E-state index in [1.165, 1.54) is 19.3 Å². The predicted octanol–water partition coefficient (Wildman–Crippen LogP) is 3.08. The van der Waals surface area contributed by atoms with Gasteiger partial charge in [0.25, 0.3) is 0 Å². The van der Waals surface area contributed by atoms with Gasteiger partial charge in [-0.2, -0.15) is 0 Å². The molecule has 0 amide bonds. The number of hydrogen-bond donors (Lipinski definition) is 0. The molecule has 2 fully saturated rings. The van der Waals surface area contributed by atoms with E-state index >= 15 is 0 Å². The summed E-state index contributed by atoms with van der Waals surface area (Å²) in [4.78, 5) is 0. The number of rotatable bonds is 1. The lowest BCUT2D eigenvalue weighted by molar-refractivity contribution is -0.0238. The molecule has 0 nitrogen and oxygen atoms in total. The van der Waals surface area contributed by atoms with Crippen LogP contribution in [0.3, 0.4) is 0 Å². The Bertz CT molecular complexity index is 132. The molecule has 0 radical (unpaired) electrons. The van der Waals surface area contributed by atoms with Crippen LogP contribution in [0.2, 0.25) is 0 Å². The van der Waals surface area contributed by atoms with Crippen molar-refractivity contribution >= 4 is 0 Å². The molecule has 58 valence electrons. The highest BCUT2D eigenvalue weighted by atomic mass is 14.7. The molecule has 0 heteroatoms. The minimum Gasteiger partial charge on any atom is -0.0651 e. The molecule has 0 saturated heterocycles. The van der Waals surface area contributed by atoms with Gasteiger partial charge in [0.15, 0.2) is 0 Å². The Morgan fingerprint density at radius 1 is 1.20 bits per heavy atom. The molecule has 2 rings (SSSR count). The molecule has 0 heterocycles. The van der Waals surface area contributed by atoms with Crippen molar-refractivity contribution in [3.8, 4) is 0 Å². The third-order valence-electron chi connectivity index (χ3n) is 4.40. The average molecular weight is 138 g/mol. The number of hydrogen-bond acceptors (Lipinski definition) is 0. The van der Waals surface area contributed by atoms with Crippen molar-refractivity contribution in [2.24, 2.45) is 23.2 Å². The van der Waals surface area contributed by atoms with Crippen molar-refractivity contribution < 1.29 is 0 Å². The van der Waals surface area contributed by atoms with E-state index < -0.39 is 0 Å². The van der Waals surface area contributed by atoms with Gasteiger partial charge in [-0.1, -0.05) is 27.2 Å². The summed E-state index contributed by atoms with van der Waals surface area (Å²) in [5.74, 6) is 3.16. The van der Waals surface area contributed by atoms with E-state index in [-0.39, 0.29) is 0 Å². The van der Waals surface area contributed by atoms with Gasteiger partial charge in [0.2, 0.25) is 0 Å². The van der Waals surface area contributed by atoms with Crippen LogP contribution in [0.25, 0.3) is 0 Å². The van der Waals surface area contributed by atoms with Crippen LogP contribution in [-0.2, 0) is 0 Å². The van der Waals surface area contributed by atoms with Gasteiger partial charge in [-0.05, 0) is 36.0 Å². The molecule has 0 aromatic heterocycles. The highest BCUT2D eigenvalue weighted by Gasteiger charge is 2.63. The SMILES string of the molecule is CCC1C(C)C2(CC2)C1C. The third-order valence-corrected chi connectivity index (χ3v) is 4.40. The molecule has 0 bridgehead atoms.